The molecule has 0 bridgehead atoms. The number of aromatic nitrogens is 1. The van der Waals surface area contributed by atoms with E-state index in [2.05, 4.69) is 21.7 Å². The number of nitrogens with one attached hydrogen (secondary N) is 3. The number of carbonyl (C=O) groups excluding carboxylic acids is 1. The average molecular weight is 597 g/mol. The van der Waals surface area contributed by atoms with Crippen LogP contribution in [0.5, 0.6) is 0 Å². The number of rotatable bonds is 5. The van der Waals surface area contributed by atoms with Crippen molar-refractivity contribution in [2.45, 2.75) is 66.7 Å². The normalized spacial score (nSPS) is 14.4. The summed E-state index contributed by atoms with van der Waals surface area (Å²) in [6.07, 6.45) is 11.6. The number of anilines is 1. The standard InChI is InChI=1S/C22H22F2N4.C9H9FO.2C2H6.2H2/c1-25-17-8-7-15(23)20(21(17)24)14-6-9-19-22(26-12-28(19)11-14)18-10-13-4-2-3-5-16(13)27-18;1-2-7-3-4-9(10)5-8(7)6-11;2*1-2;;/h6-11,25-27H,2-5,12H2,1H3;3-6H,2H2,1H3;2*1-2H3;2*1H. The maximum Gasteiger partial charge on any atom is 0.157 e. The number of carbonyl (C=O) groups is 1. The number of benzene rings is 2. The molecule has 0 spiro atoms. The largest absolute Gasteiger partial charge is 0.386 e. The molecule has 0 atom stereocenters. The Morgan fingerprint density at radius 2 is 1.74 bits per heavy atom. The van der Waals surface area contributed by atoms with Crippen molar-refractivity contribution in [2.75, 3.05) is 19.0 Å². The highest BCUT2D eigenvalue weighted by Gasteiger charge is 2.27. The van der Waals surface area contributed by atoms with E-state index in [0.29, 0.717) is 24.1 Å². The molecule has 3 aromatic rings. The lowest BCUT2D eigenvalue weighted by Crippen LogP contribution is -2.19. The van der Waals surface area contributed by atoms with E-state index in [-0.39, 0.29) is 19.9 Å². The Labute approximate surface area is 256 Å². The van der Waals surface area contributed by atoms with Crippen molar-refractivity contribution in [1.29, 1.82) is 0 Å². The highest BCUT2D eigenvalue weighted by Crippen LogP contribution is 2.35. The summed E-state index contributed by atoms with van der Waals surface area (Å²) in [6.45, 7) is 10.5. The van der Waals surface area contributed by atoms with Crippen molar-refractivity contribution >= 4 is 23.2 Å². The molecule has 3 N–H and O–H groups in total. The van der Waals surface area contributed by atoms with Gasteiger partial charge in [-0.1, -0.05) is 46.8 Å². The fraction of sp³-hybridized carbons (Fsp3) is 0.343. The zero-order valence-electron chi connectivity index (χ0n) is 26.0. The van der Waals surface area contributed by atoms with Crippen LogP contribution in [0.15, 0.2) is 60.4 Å². The summed E-state index contributed by atoms with van der Waals surface area (Å²) in [5.41, 5.74) is 7.99. The fourth-order valence-corrected chi connectivity index (χ4v) is 5.28. The van der Waals surface area contributed by atoms with E-state index < -0.39 is 11.6 Å². The molecule has 3 aliphatic rings. The van der Waals surface area contributed by atoms with Crippen LogP contribution < -0.4 is 10.6 Å². The van der Waals surface area contributed by atoms with Crippen LogP contribution in [-0.2, 0) is 19.3 Å². The molecular formula is C35H47F3N4O. The van der Waals surface area contributed by atoms with Crippen molar-refractivity contribution in [3.63, 3.8) is 0 Å². The number of halogens is 3. The number of aromatic amines is 1. The van der Waals surface area contributed by atoms with Crippen LogP contribution in [0, 0.1) is 17.5 Å². The van der Waals surface area contributed by atoms with Crippen molar-refractivity contribution in [2.24, 2.45) is 0 Å². The van der Waals surface area contributed by atoms with Gasteiger partial charge in [0.1, 0.15) is 17.9 Å². The van der Waals surface area contributed by atoms with Crippen molar-refractivity contribution < 1.29 is 20.8 Å². The number of hydrogen-bond acceptors (Lipinski definition) is 4. The van der Waals surface area contributed by atoms with E-state index in [1.165, 1.54) is 48.4 Å². The summed E-state index contributed by atoms with van der Waals surface area (Å²) in [4.78, 5) is 15.9. The van der Waals surface area contributed by atoms with Gasteiger partial charge in [-0.05, 0) is 79.6 Å². The van der Waals surface area contributed by atoms with E-state index in [1.54, 1.807) is 25.4 Å². The molecule has 3 heterocycles. The molecule has 1 aliphatic carbocycles. The first-order chi connectivity index (χ1) is 20.9. The van der Waals surface area contributed by atoms with Gasteiger partial charge in [0.2, 0.25) is 0 Å². The van der Waals surface area contributed by atoms with E-state index in [4.69, 9.17) is 0 Å². The minimum absolute atomic E-state index is 0. The smallest absolute Gasteiger partial charge is 0.157 e. The van der Waals surface area contributed by atoms with Crippen LogP contribution in [0.4, 0.5) is 18.9 Å². The SMILES string of the molecule is CC.CC.CCc1ccc(F)cc1C=O.CNc1ccc(F)c(C2=CN3CNC(c4cc5c([nH]4)CCCC5)=C3C=C2)c1F.[HH].[HH]. The van der Waals surface area contributed by atoms with Gasteiger partial charge in [0, 0.05) is 32.9 Å². The number of hydrogen-bond donors (Lipinski definition) is 3. The number of aryl methyl sites for hydroxylation is 3. The Kier molecular flexibility index (Phi) is 12.3. The van der Waals surface area contributed by atoms with Gasteiger partial charge in [0.15, 0.2) is 5.82 Å². The van der Waals surface area contributed by atoms with Gasteiger partial charge in [-0.25, -0.2) is 13.2 Å². The summed E-state index contributed by atoms with van der Waals surface area (Å²) in [5.74, 6) is -1.50. The van der Waals surface area contributed by atoms with Crippen molar-refractivity contribution in [1.82, 2.24) is 15.2 Å². The highest BCUT2D eigenvalue weighted by atomic mass is 19.1. The second-order valence-electron chi connectivity index (χ2n) is 9.73. The molecule has 2 aromatic carbocycles. The molecule has 8 heteroatoms. The summed E-state index contributed by atoms with van der Waals surface area (Å²) >= 11 is 0. The molecule has 0 amide bonds. The molecule has 0 unspecified atom stereocenters. The lowest BCUT2D eigenvalue weighted by molar-refractivity contribution is 0.112. The predicted octanol–water partition coefficient (Wildman–Crippen LogP) is 9.10. The van der Waals surface area contributed by atoms with Gasteiger partial charge in [0.25, 0.3) is 0 Å². The zero-order chi connectivity index (χ0) is 31.5. The molecule has 0 radical (unpaired) electrons. The Bertz CT molecular complexity index is 1490. The van der Waals surface area contributed by atoms with Crippen LogP contribution in [0.3, 0.4) is 0 Å². The molecule has 5 nitrogen and oxygen atoms in total. The van der Waals surface area contributed by atoms with Crippen molar-refractivity contribution in [3.05, 3.63) is 112 Å². The topological polar surface area (TPSA) is 60.2 Å². The van der Waals surface area contributed by atoms with Crippen LogP contribution in [-0.4, -0.2) is 29.9 Å². The van der Waals surface area contributed by atoms with Gasteiger partial charge < -0.3 is 20.5 Å². The van der Waals surface area contributed by atoms with E-state index in [1.807, 2.05) is 45.6 Å². The van der Waals surface area contributed by atoms with Gasteiger partial charge in [-0.15, -0.1) is 0 Å². The Balaban J connectivity index is 0.000000507. The molecule has 43 heavy (non-hydrogen) atoms. The number of H-pyrrole nitrogens is 1. The van der Waals surface area contributed by atoms with Crippen molar-refractivity contribution in [3.8, 4) is 0 Å². The third kappa shape index (κ3) is 7.42. The third-order valence-electron chi connectivity index (χ3n) is 7.36. The Morgan fingerprint density at radius 1 is 1.00 bits per heavy atom. The minimum atomic E-state index is -0.574. The summed E-state index contributed by atoms with van der Waals surface area (Å²) in [5, 5.41) is 6.19. The fourth-order valence-electron chi connectivity index (χ4n) is 5.28. The van der Waals surface area contributed by atoms with Crippen LogP contribution in [0.1, 0.15) is 88.7 Å². The first kappa shape index (κ1) is 33.3. The average Bonchev–Trinajstić information content (AvgIpc) is 3.67. The van der Waals surface area contributed by atoms with E-state index in [0.717, 1.165) is 41.9 Å². The number of fused-ring (bicyclic) bond motifs is 2. The Hall–Kier alpha value is -4.20. The summed E-state index contributed by atoms with van der Waals surface area (Å²) in [6, 6.07) is 9.20. The summed E-state index contributed by atoms with van der Waals surface area (Å²) < 4.78 is 41.6. The van der Waals surface area contributed by atoms with Gasteiger partial charge in [-0.2, -0.15) is 0 Å². The quantitative estimate of drug-likeness (QED) is 0.257. The van der Waals surface area contributed by atoms with Gasteiger partial charge in [0.05, 0.1) is 35.0 Å². The second-order valence-corrected chi connectivity index (χ2v) is 9.73. The number of aldehydes is 1. The first-order valence-corrected chi connectivity index (χ1v) is 15.2. The highest BCUT2D eigenvalue weighted by molar-refractivity contribution is 5.82. The lowest BCUT2D eigenvalue weighted by Gasteiger charge is -2.21. The van der Waals surface area contributed by atoms with Gasteiger partial charge >= 0.3 is 0 Å². The third-order valence-corrected chi connectivity index (χ3v) is 7.36. The van der Waals surface area contributed by atoms with E-state index >= 15 is 0 Å². The van der Waals surface area contributed by atoms with Crippen LogP contribution in [0.25, 0.3) is 11.3 Å². The zero-order valence-corrected chi connectivity index (χ0v) is 26.0. The molecule has 1 aromatic heterocycles. The van der Waals surface area contributed by atoms with Crippen LogP contribution in [0.2, 0.25) is 0 Å². The predicted molar refractivity (Wildman–Crippen MR) is 175 cm³/mol. The monoisotopic (exact) mass is 596 g/mol. The Morgan fingerprint density at radius 3 is 2.42 bits per heavy atom. The minimum Gasteiger partial charge on any atom is -0.386 e. The maximum absolute atomic E-state index is 14.7. The second kappa shape index (κ2) is 15.9. The molecule has 0 fully saturated rings. The summed E-state index contributed by atoms with van der Waals surface area (Å²) in [7, 11) is 1.62. The molecule has 234 valence electrons. The maximum atomic E-state index is 14.7. The van der Waals surface area contributed by atoms with E-state index in [9.17, 15) is 18.0 Å². The first-order valence-electron chi connectivity index (χ1n) is 15.2. The molecule has 2 aliphatic heterocycles. The lowest BCUT2D eigenvalue weighted by atomic mass is 9.98. The molecule has 0 saturated carbocycles. The molecule has 0 saturated heterocycles. The molecular weight excluding hydrogens is 549 g/mol. The number of nitrogens with zero attached hydrogens (tertiary/aromatic N) is 1. The van der Waals surface area contributed by atoms with Gasteiger partial charge in [-0.3, -0.25) is 4.79 Å². The number of allylic oxidation sites excluding steroid dienone is 3. The molecule has 6 rings (SSSR count). The van der Waals surface area contributed by atoms with Crippen LogP contribution >= 0.6 is 0 Å².